The summed E-state index contributed by atoms with van der Waals surface area (Å²) < 4.78 is 5.28. The third-order valence-corrected chi connectivity index (χ3v) is 10.1. The monoisotopic (exact) mass is 616 g/mol. The number of unbranched alkanes of at least 4 members (excludes halogenated alkanes) is 30. The highest BCUT2D eigenvalue weighted by Crippen LogP contribution is 2.15. The van der Waals surface area contributed by atoms with Gasteiger partial charge in [0.1, 0.15) is 12.4 Å². The topological polar surface area (TPSA) is 8.81 Å². The molecule has 0 spiro atoms. The van der Waals surface area contributed by atoms with Gasteiger partial charge in [0.05, 0.1) is 13.1 Å². The molecule has 1 heterocycles. The van der Waals surface area contributed by atoms with Gasteiger partial charge in [0, 0.05) is 6.42 Å². The molecule has 0 N–H and O–H groups in total. The molecule has 1 rings (SSSR count). The van der Waals surface area contributed by atoms with E-state index in [1.54, 1.807) is 5.82 Å². The van der Waals surface area contributed by atoms with E-state index >= 15 is 0 Å². The summed E-state index contributed by atoms with van der Waals surface area (Å²) in [6, 6.07) is 0. The second-order valence-electron chi connectivity index (χ2n) is 14.5. The summed E-state index contributed by atoms with van der Waals surface area (Å²) in [5.74, 6) is 1.63. The fourth-order valence-corrected chi connectivity index (χ4v) is 7.03. The molecule has 0 aromatic carbocycles. The van der Waals surface area contributed by atoms with Crippen LogP contribution in [0.5, 0.6) is 0 Å². The summed E-state index contributed by atoms with van der Waals surface area (Å²) in [4.78, 5) is 0. The van der Waals surface area contributed by atoms with Gasteiger partial charge in [-0.05, 0) is 32.1 Å². The number of imidazole rings is 1. The Morgan fingerprint density at radius 1 is 0.386 bits per heavy atom. The molecule has 0 aliphatic carbocycles. The van der Waals surface area contributed by atoms with E-state index in [1.807, 2.05) is 0 Å². The number of nitrogens with zero attached hydrogens (tertiary/aromatic N) is 2. The van der Waals surface area contributed by atoms with Gasteiger partial charge < -0.3 is 0 Å². The minimum absolute atomic E-state index is 1.23. The van der Waals surface area contributed by atoms with Gasteiger partial charge in [0.15, 0.2) is 0 Å². The molecule has 0 fully saturated rings. The van der Waals surface area contributed by atoms with Crippen molar-refractivity contribution in [1.82, 2.24) is 4.57 Å². The summed E-state index contributed by atoms with van der Waals surface area (Å²) in [6.07, 6.45) is 53.4. The molecule has 2 nitrogen and oxygen atoms in total. The first-order valence-corrected chi connectivity index (χ1v) is 20.9. The van der Waals surface area contributed by atoms with E-state index in [4.69, 9.17) is 0 Å². The van der Waals surface area contributed by atoms with Gasteiger partial charge in [0.25, 0.3) is 5.82 Å². The van der Waals surface area contributed by atoms with Crippen molar-refractivity contribution in [1.29, 1.82) is 0 Å². The van der Waals surface area contributed by atoms with Gasteiger partial charge >= 0.3 is 0 Å². The van der Waals surface area contributed by atoms with Crippen LogP contribution in [-0.2, 0) is 19.5 Å². The second-order valence-corrected chi connectivity index (χ2v) is 14.5. The third-order valence-electron chi connectivity index (χ3n) is 10.1. The van der Waals surface area contributed by atoms with Crippen molar-refractivity contribution < 1.29 is 4.57 Å². The summed E-state index contributed by atoms with van der Waals surface area (Å²) in [5.41, 5.74) is 0. The Morgan fingerprint density at radius 3 is 1.09 bits per heavy atom. The predicted octanol–water partition coefficient (Wildman–Crippen LogP) is 14.3. The minimum atomic E-state index is 1.23. The molecule has 0 unspecified atom stereocenters. The number of aromatic nitrogens is 2. The maximum absolute atomic E-state index is 2.64. The molecule has 0 atom stereocenters. The highest BCUT2D eigenvalue weighted by Gasteiger charge is 2.16. The van der Waals surface area contributed by atoms with E-state index < -0.39 is 0 Å². The van der Waals surface area contributed by atoms with Crippen LogP contribution in [0.2, 0.25) is 0 Å². The van der Waals surface area contributed by atoms with Gasteiger partial charge in [-0.2, -0.15) is 0 Å². The predicted molar refractivity (Wildman–Crippen MR) is 198 cm³/mol. The van der Waals surface area contributed by atoms with Crippen molar-refractivity contribution >= 4 is 0 Å². The van der Waals surface area contributed by atoms with Crippen molar-refractivity contribution in [3.05, 3.63) is 18.2 Å². The van der Waals surface area contributed by atoms with E-state index in [9.17, 15) is 0 Å². The Morgan fingerprint density at radius 2 is 0.705 bits per heavy atom. The Bertz CT molecular complexity index is 634. The van der Waals surface area contributed by atoms with Crippen molar-refractivity contribution in [2.24, 2.45) is 0 Å². The molecule has 0 radical (unpaired) electrons. The van der Waals surface area contributed by atoms with Gasteiger partial charge in [0.2, 0.25) is 0 Å². The van der Waals surface area contributed by atoms with Crippen LogP contribution in [0, 0.1) is 0 Å². The number of rotatable bonds is 36. The third kappa shape index (κ3) is 25.4. The molecule has 1 aromatic heterocycles. The Balaban J connectivity index is 2.31. The first kappa shape index (κ1) is 41.2. The summed E-state index contributed by atoms with van der Waals surface area (Å²) >= 11 is 0. The zero-order chi connectivity index (χ0) is 31.6. The molecule has 0 saturated heterocycles. The SMILES string of the molecule is CCCCCCCCCCCCCc1n(CCCCCCCCCCCCC)cc[n+]1CCCCCCCCCCCCC. The quantitative estimate of drug-likeness (QED) is 0.0524. The summed E-state index contributed by atoms with van der Waals surface area (Å²) in [7, 11) is 0. The molecular formula is C42H83N2+. The first-order valence-electron chi connectivity index (χ1n) is 20.9. The molecule has 0 aliphatic heterocycles. The first-order chi connectivity index (χ1) is 21.8. The Hall–Kier alpha value is -0.790. The molecule has 0 saturated carbocycles. The van der Waals surface area contributed by atoms with Crippen LogP contribution in [0.4, 0.5) is 0 Å². The van der Waals surface area contributed by atoms with Crippen LogP contribution in [0.3, 0.4) is 0 Å². The highest BCUT2D eigenvalue weighted by atomic mass is 15.1. The van der Waals surface area contributed by atoms with Crippen LogP contribution in [0.25, 0.3) is 0 Å². The molecule has 0 aliphatic rings. The van der Waals surface area contributed by atoms with Gasteiger partial charge in [-0.1, -0.05) is 201 Å². The van der Waals surface area contributed by atoms with Crippen molar-refractivity contribution in [3.8, 4) is 0 Å². The molecule has 0 amide bonds. The van der Waals surface area contributed by atoms with Crippen molar-refractivity contribution in [2.45, 2.75) is 252 Å². The van der Waals surface area contributed by atoms with Crippen LogP contribution >= 0.6 is 0 Å². The minimum Gasteiger partial charge on any atom is -0.234 e. The van der Waals surface area contributed by atoms with Crippen LogP contribution in [-0.4, -0.2) is 4.57 Å². The average Bonchev–Trinajstić information content (AvgIpc) is 3.42. The number of hydrogen-bond donors (Lipinski definition) is 0. The molecule has 1 aromatic rings. The maximum atomic E-state index is 2.64. The molecule has 44 heavy (non-hydrogen) atoms. The lowest BCUT2D eigenvalue weighted by Crippen LogP contribution is -2.37. The fraction of sp³-hybridized carbons (Fsp3) is 0.929. The standard InChI is InChI=1S/C42H83N2/c1-4-7-10-13-16-19-22-25-28-31-34-37-42-43(38-35-32-29-26-23-20-17-14-11-8-5-2)40-41-44(42)39-36-33-30-27-24-21-18-15-12-9-6-3/h40-41H,4-39H2,1-3H3/q+1. The Labute approximate surface area is 279 Å². The average molecular weight is 616 g/mol. The van der Waals surface area contributed by atoms with Crippen LogP contribution in [0.1, 0.15) is 238 Å². The lowest BCUT2D eigenvalue weighted by molar-refractivity contribution is -0.704. The number of aryl methyl sites for hydroxylation is 2. The van der Waals surface area contributed by atoms with E-state index in [-0.39, 0.29) is 0 Å². The largest absolute Gasteiger partial charge is 0.256 e. The fourth-order valence-electron chi connectivity index (χ4n) is 7.03. The van der Waals surface area contributed by atoms with Crippen LogP contribution in [0.15, 0.2) is 12.4 Å². The normalized spacial score (nSPS) is 11.6. The van der Waals surface area contributed by atoms with Gasteiger partial charge in [-0.3, -0.25) is 0 Å². The maximum Gasteiger partial charge on any atom is 0.256 e. The molecule has 2 heteroatoms. The number of hydrogen-bond acceptors (Lipinski definition) is 0. The lowest BCUT2D eigenvalue weighted by Gasteiger charge is -2.07. The zero-order valence-corrected chi connectivity index (χ0v) is 31.0. The Kier molecular flexibility index (Phi) is 31.5. The van der Waals surface area contributed by atoms with Crippen LogP contribution < -0.4 is 4.57 Å². The van der Waals surface area contributed by atoms with Crippen molar-refractivity contribution in [2.75, 3.05) is 0 Å². The van der Waals surface area contributed by atoms with Gasteiger partial charge in [-0.25, -0.2) is 9.13 Å². The van der Waals surface area contributed by atoms with E-state index in [0.29, 0.717) is 0 Å². The lowest BCUT2D eigenvalue weighted by atomic mass is 10.0. The smallest absolute Gasteiger partial charge is 0.234 e. The van der Waals surface area contributed by atoms with E-state index in [2.05, 4.69) is 42.3 Å². The summed E-state index contributed by atoms with van der Waals surface area (Å²) in [5, 5.41) is 0. The van der Waals surface area contributed by atoms with E-state index in [0.717, 1.165) is 0 Å². The zero-order valence-electron chi connectivity index (χ0n) is 31.0. The van der Waals surface area contributed by atoms with Crippen molar-refractivity contribution in [3.63, 3.8) is 0 Å². The molecule has 0 bridgehead atoms. The summed E-state index contributed by atoms with van der Waals surface area (Å²) in [6.45, 7) is 9.41. The van der Waals surface area contributed by atoms with Gasteiger partial charge in [-0.15, -0.1) is 0 Å². The molecular weight excluding hydrogens is 532 g/mol. The highest BCUT2D eigenvalue weighted by molar-refractivity contribution is 4.84. The second kappa shape index (κ2) is 33.6. The van der Waals surface area contributed by atoms with E-state index in [1.165, 1.54) is 231 Å². The molecule has 260 valence electrons.